The van der Waals surface area contributed by atoms with E-state index in [1.54, 1.807) is 7.11 Å². The van der Waals surface area contributed by atoms with E-state index >= 15 is 0 Å². The zero-order valence-electron chi connectivity index (χ0n) is 11.0. The first-order chi connectivity index (χ1) is 9.30. The molecular formula is C13H17N3O3. The fourth-order valence-electron chi connectivity index (χ4n) is 1.71. The Balaban J connectivity index is 2.32. The Kier molecular flexibility index (Phi) is 4.48. The quantitative estimate of drug-likeness (QED) is 0.855. The smallest absolute Gasteiger partial charge is 0.257 e. The van der Waals surface area contributed by atoms with Crippen molar-refractivity contribution in [2.75, 3.05) is 20.3 Å². The average molecular weight is 263 g/mol. The number of hydrogen-bond donors (Lipinski definition) is 1. The van der Waals surface area contributed by atoms with Gasteiger partial charge in [-0.25, -0.2) is 0 Å². The SMILES string of the molecule is CCOc1ccccc1-c1noc(C(CN)OC)n1. The van der Waals surface area contributed by atoms with Crippen molar-refractivity contribution >= 4 is 0 Å². The fraction of sp³-hybridized carbons (Fsp3) is 0.385. The summed E-state index contributed by atoms with van der Waals surface area (Å²) in [5, 5.41) is 3.94. The second kappa shape index (κ2) is 6.31. The standard InChI is InChI=1S/C13H17N3O3/c1-3-18-10-7-5-4-6-9(10)12-15-13(19-16-12)11(8-14)17-2/h4-7,11H,3,8,14H2,1-2H3. The van der Waals surface area contributed by atoms with E-state index in [9.17, 15) is 0 Å². The number of para-hydroxylation sites is 1. The van der Waals surface area contributed by atoms with Crippen LogP contribution in [0.2, 0.25) is 0 Å². The first kappa shape index (κ1) is 13.5. The summed E-state index contributed by atoms with van der Waals surface area (Å²) >= 11 is 0. The van der Waals surface area contributed by atoms with Gasteiger partial charge in [-0.3, -0.25) is 0 Å². The highest BCUT2D eigenvalue weighted by Gasteiger charge is 2.19. The summed E-state index contributed by atoms with van der Waals surface area (Å²) in [5.41, 5.74) is 6.35. The van der Waals surface area contributed by atoms with E-state index in [0.717, 1.165) is 11.3 Å². The van der Waals surface area contributed by atoms with Crippen LogP contribution in [0.5, 0.6) is 5.75 Å². The molecule has 0 fully saturated rings. The minimum atomic E-state index is -0.388. The molecule has 6 nitrogen and oxygen atoms in total. The molecule has 1 aromatic carbocycles. The molecule has 1 unspecified atom stereocenters. The van der Waals surface area contributed by atoms with Crippen LogP contribution in [0.1, 0.15) is 18.9 Å². The largest absolute Gasteiger partial charge is 0.493 e. The first-order valence-corrected chi connectivity index (χ1v) is 6.08. The molecule has 0 saturated heterocycles. The summed E-state index contributed by atoms with van der Waals surface area (Å²) in [4.78, 5) is 4.30. The Morgan fingerprint density at radius 2 is 2.16 bits per heavy atom. The summed E-state index contributed by atoms with van der Waals surface area (Å²) in [5.74, 6) is 1.56. The van der Waals surface area contributed by atoms with Crippen LogP contribution in [0.15, 0.2) is 28.8 Å². The van der Waals surface area contributed by atoms with Crippen LogP contribution in [0.25, 0.3) is 11.4 Å². The zero-order chi connectivity index (χ0) is 13.7. The van der Waals surface area contributed by atoms with Gasteiger partial charge in [-0.1, -0.05) is 17.3 Å². The third-order valence-corrected chi connectivity index (χ3v) is 2.64. The van der Waals surface area contributed by atoms with Gasteiger partial charge in [0.1, 0.15) is 11.9 Å². The lowest BCUT2D eigenvalue weighted by Gasteiger charge is -2.07. The molecule has 0 saturated carbocycles. The summed E-state index contributed by atoms with van der Waals surface area (Å²) < 4.78 is 15.9. The number of benzene rings is 1. The summed E-state index contributed by atoms with van der Waals surface area (Å²) in [6.07, 6.45) is -0.388. The van der Waals surface area contributed by atoms with E-state index in [1.807, 2.05) is 31.2 Å². The van der Waals surface area contributed by atoms with Gasteiger partial charge in [0.25, 0.3) is 5.89 Å². The Hall–Kier alpha value is -1.92. The normalized spacial score (nSPS) is 12.4. The Labute approximate surface area is 111 Å². The Morgan fingerprint density at radius 3 is 2.84 bits per heavy atom. The molecule has 102 valence electrons. The maximum absolute atomic E-state index is 5.56. The molecule has 0 radical (unpaired) electrons. The minimum Gasteiger partial charge on any atom is -0.493 e. The summed E-state index contributed by atoms with van der Waals surface area (Å²) in [6, 6.07) is 7.54. The zero-order valence-corrected chi connectivity index (χ0v) is 11.0. The molecule has 6 heteroatoms. The number of nitrogens with two attached hydrogens (primary N) is 1. The highest BCUT2D eigenvalue weighted by molar-refractivity contribution is 5.63. The highest BCUT2D eigenvalue weighted by Crippen LogP contribution is 2.28. The van der Waals surface area contributed by atoms with Crippen LogP contribution in [-0.2, 0) is 4.74 Å². The van der Waals surface area contributed by atoms with E-state index in [1.165, 1.54) is 0 Å². The van der Waals surface area contributed by atoms with Gasteiger partial charge in [0.05, 0.1) is 12.2 Å². The van der Waals surface area contributed by atoms with Crippen molar-refractivity contribution in [1.29, 1.82) is 0 Å². The number of aromatic nitrogens is 2. The predicted octanol–water partition coefficient (Wildman–Crippen LogP) is 1.78. The van der Waals surface area contributed by atoms with Crippen molar-refractivity contribution in [2.45, 2.75) is 13.0 Å². The van der Waals surface area contributed by atoms with E-state index in [4.69, 9.17) is 19.7 Å². The average Bonchev–Trinajstić information content (AvgIpc) is 2.91. The predicted molar refractivity (Wildman–Crippen MR) is 69.7 cm³/mol. The van der Waals surface area contributed by atoms with Gasteiger partial charge in [-0.15, -0.1) is 0 Å². The third kappa shape index (κ3) is 2.91. The molecule has 2 N–H and O–H groups in total. The van der Waals surface area contributed by atoms with Gasteiger partial charge in [-0.05, 0) is 19.1 Å². The van der Waals surface area contributed by atoms with E-state index < -0.39 is 0 Å². The highest BCUT2D eigenvalue weighted by atomic mass is 16.5. The Morgan fingerprint density at radius 1 is 1.37 bits per heavy atom. The van der Waals surface area contributed by atoms with Gasteiger partial charge in [0.2, 0.25) is 5.82 Å². The van der Waals surface area contributed by atoms with E-state index in [2.05, 4.69) is 10.1 Å². The topological polar surface area (TPSA) is 83.4 Å². The minimum absolute atomic E-state index is 0.283. The lowest BCUT2D eigenvalue weighted by Crippen LogP contribution is -2.14. The van der Waals surface area contributed by atoms with Gasteiger partial charge in [0, 0.05) is 13.7 Å². The number of ether oxygens (including phenoxy) is 2. The molecule has 0 aliphatic rings. The van der Waals surface area contributed by atoms with Gasteiger partial charge in [-0.2, -0.15) is 4.98 Å². The first-order valence-electron chi connectivity index (χ1n) is 6.08. The van der Waals surface area contributed by atoms with Crippen LogP contribution >= 0.6 is 0 Å². The molecule has 0 bridgehead atoms. The van der Waals surface area contributed by atoms with Crippen molar-refractivity contribution in [3.63, 3.8) is 0 Å². The van der Waals surface area contributed by atoms with Crippen molar-refractivity contribution in [3.05, 3.63) is 30.2 Å². The Bertz CT molecular complexity index is 523. The van der Waals surface area contributed by atoms with Gasteiger partial charge < -0.3 is 19.7 Å². The number of nitrogens with zero attached hydrogens (tertiary/aromatic N) is 2. The summed E-state index contributed by atoms with van der Waals surface area (Å²) in [6.45, 7) is 2.78. The van der Waals surface area contributed by atoms with Crippen molar-refractivity contribution in [2.24, 2.45) is 5.73 Å². The van der Waals surface area contributed by atoms with Crippen LogP contribution < -0.4 is 10.5 Å². The van der Waals surface area contributed by atoms with Crippen LogP contribution in [0.3, 0.4) is 0 Å². The molecule has 0 aliphatic heterocycles. The van der Waals surface area contributed by atoms with Crippen LogP contribution in [-0.4, -0.2) is 30.4 Å². The van der Waals surface area contributed by atoms with Gasteiger partial charge in [0.15, 0.2) is 0 Å². The number of methoxy groups -OCH3 is 1. The van der Waals surface area contributed by atoms with Crippen LogP contribution in [0.4, 0.5) is 0 Å². The lowest BCUT2D eigenvalue weighted by molar-refractivity contribution is 0.0804. The molecule has 0 aliphatic carbocycles. The monoisotopic (exact) mass is 263 g/mol. The number of hydrogen-bond acceptors (Lipinski definition) is 6. The lowest BCUT2D eigenvalue weighted by atomic mass is 10.2. The molecule has 2 aromatic rings. The third-order valence-electron chi connectivity index (χ3n) is 2.64. The molecule has 1 heterocycles. The molecule has 19 heavy (non-hydrogen) atoms. The van der Waals surface area contributed by atoms with Crippen molar-refractivity contribution < 1.29 is 14.0 Å². The molecular weight excluding hydrogens is 246 g/mol. The molecule has 1 atom stereocenters. The second-order valence-corrected chi connectivity index (χ2v) is 3.85. The van der Waals surface area contributed by atoms with Gasteiger partial charge >= 0.3 is 0 Å². The fourth-order valence-corrected chi connectivity index (χ4v) is 1.71. The molecule has 2 rings (SSSR count). The van der Waals surface area contributed by atoms with Crippen LogP contribution in [0, 0.1) is 0 Å². The maximum atomic E-state index is 5.56. The van der Waals surface area contributed by atoms with Crippen molar-refractivity contribution in [3.8, 4) is 17.1 Å². The number of rotatable bonds is 6. The summed E-state index contributed by atoms with van der Waals surface area (Å²) in [7, 11) is 1.55. The van der Waals surface area contributed by atoms with E-state index in [0.29, 0.717) is 18.3 Å². The maximum Gasteiger partial charge on any atom is 0.257 e. The second-order valence-electron chi connectivity index (χ2n) is 3.85. The van der Waals surface area contributed by atoms with Crippen molar-refractivity contribution in [1.82, 2.24) is 10.1 Å². The molecule has 1 aromatic heterocycles. The molecule has 0 spiro atoms. The van der Waals surface area contributed by atoms with E-state index in [-0.39, 0.29) is 12.6 Å². The molecule has 0 amide bonds.